The number of hydrogen-bond acceptors (Lipinski definition) is 2. The number of halogens is 1. The van der Waals surface area contributed by atoms with Crippen LogP contribution in [0.3, 0.4) is 0 Å². The van der Waals surface area contributed by atoms with Crippen LogP contribution in [0.25, 0.3) is 0 Å². The molecule has 3 nitrogen and oxygen atoms in total. The van der Waals surface area contributed by atoms with Gasteiger partial charge in [-0.2, -0.15) is 5.10 Å². The molecule has 0 amide bonds. The fourth-order valence-corrected chi connectivity index (χ4v) is 2.88. The Morgan fingerprint density at radius 3 is 3.16 bits per heavy atom. The molecule has 0 spiro atoms. The van der Waals surface area contributed by atoms with Crippen LogP contribution in [0, 0.1) is 0 Å². The summed E-state index contributed by atoms with van der Waals surface area (Å²) < 4.78 is 1.97. The molecule has 1 N–H and O–H groups in total. The average Bonchev–Trinajstić information content (AvgIpc) is 2.79. The minimum Gasteiger partial charge on any atom is -0.385 e. The second-order valence-electron chi connectivity index (χ2n) is 4.95. The number of aromatic nitrogens is 2. The molecular weight excluding hydrogens is 258 g/mol. The van der Waals surface area contributed by atoms with Gasteiger partial charge in [0.25, 0.3) is 0 Å². The summed E-state index contributed by atoms with van der Waals surface area (Å²) in [6, 6.07) is 6.66. The molecule has 2 heterocycles. The Kier molecular flexibility index (Phi) is 3.47. The summed E-state index contributed by atoms with van der Waals surface area (Å²) in [5.41, 5.74) is 5.11. The van der Waals surface area contributed by atoms with E-state index in [9.17, 15) is 0 Å². The third kappa shape index (κ3) is 2.47. The highest BCUT2D eigenvalue weighted by Crippen LogP contribution is 2.25. The fourth-order valence-electron chi connectivity index (χ4n) is 2.67. The van der Waals surface area contributed by atoms with Crippen molar-refractivity contribution in [2.75, 3.05) is 11.9 Å². The van der Waals surface area contributed by atoms with Crippen LogP contribution in [-0.4, -0.2) is 16.3 Å². The number of fused-ring (bicyclic) bond motifs is 1. The Labute approximate surface area is 118 Å². The first-order valence-electron chi connectivity index (χ1n) is 6.84. The van der Waals surface area contributed by atoms with Crippen molar-refractivity contribution >= 4 is 17.3 Å². The van der Waals surface area contributed by atoms with Crippen molar-refractivity contribution in [1.82, 2.24) is 9.78 Å². The first-order valence-corrected chi connectivity index (χ1v) is 7.21. The Bertz CT molecular complexity index is 589. The van der Waals surface area contributed by atoms with Crippen molar-refractivity contribution < 1.29 is 0 Å². The van der Waals surface area contributed by atoms with Gasteiger partial charge in [0, 0.05) is 25.2 Å². The number of hydrogen-bond donors (Lipinski definition) is 1. The maximum atomic E-state index is 6.22. The summed E-state index contributed by atoms with van der Waals surface area (Å²) in [5, 5.41) is 8.49. The van der Waals surface area contributed by atoms with Gasteiger partial charge in [0.15, 0.2) is 0 Å². The van der Waals surface area contributed by atoms with E-state index in [0.29, 0.717) is 0 Å². The monoisotopic (exact) mass is 275 g/mol. The van der Waals surface area contributed by atoms with Crippen molar-refractivity contribution in [3.05, 3.63) is 46.2 Å². The lowest BCUT2D eigenvalue weighted by Gasteiger charge is -2.18. The minimum atomic E-state index is 0.762. The molecule has 0 fully saturated rings. The van der Waals surface area contributed by atoms with Crippen LogP contribution >= 0.6 is 11.6 Å². The largest absolute Gasteiger partial charge is 0.385 e. The van der Waals surface area contributed by atoms with E-state index >= 15 is 0 Å². The van der Waals surface area contributed by atoms with Gasteiger partial charge < -0.3 is 5.32 Å². The second-order valence-corrected chi connectivity index (χ2v) is 5.36. The third-order valence-corrected chi connectivity index (χ3v) is 3.99. The van der Waals surface area contributed by atoms with Crippen molar-refractivity contribution in [2.45, 2.75) is 32.7 Å². The predicted octanol–water partition coefficient (Wildman–Crippen LogP) is 3.51. The highest BCUT2D eigenvalue weighted by molar-refractivity contribution is 6.31. The van der Waals surface area contributed by atoms with Gasteiger partial charge in [-0.3, -0.25) is 4.68 Å². The lowest BCUT2D eigenvalue weighted by Crippen LogP contribution is -2.12. The molecule has 3 rings (SSSR count). The van der Waals surface area contributed by atoms with Crippen LogP contribution in [0.15, 0.2) is 24.4 Å². The Morgan fingerprint density at radius 1 is 1.42 bits per heavy atom. The standard InChI is InChI=1S/C15H18ClN3/c1-2-19-15(13(16)10-18-19)9-11-5-6-14-12(8-11)4-3-7-17-14/h5-6,8,10,17H,2-4,7,9H2,1H3. The maximum Gasteiger partial charge on any atom is 0.0821 e. The summed E-state index contributed by atoms with van der Waals surface area (Å²) in [4.78, 5) is 0. The van der Waals surface area contributed by atoms with E-state index in [4.69, 9.17) is 11.6 Å². The lowest BCUT2D eigenvalue weighted by atomic mass is 9.99. The molecule has 100 valence electrons. The van der Waals surface area contributed by atoms with Gasteiger partial charge in [-0.25, -0.2) is 0 Å². The van der Waals surface area contributed by atoms with E-state index < -0.39 is 0 Å². The molecule has 1 aliphatic heterocycles. The van der Waals surface area contributed by atoms with E-state index in [1.54, 1.807) is 6.20 Å². The van der Waals surface area contributed by atoms with Crippen LogP contribution in [0.1, 0.15) is 30.2 Å². The van der Waals surface area contributed by atoms with Gasteiger partial charge in [-0.1, -0.05) is 23.7 Å². The first-order chi connectivity index (χ1) is 9.28. The van der Waals surface area contributed by atoms with Crippen molar-refractivity contribution in [1.29, 1.82) is 0 Å². The summed E-state index contributed by atoms with van der Waals surface area (Å²) in [5.74, 6) is 0. The number of benzene rings is 1. The summed E-state index contributed by atoms with van der Waals surface area (Å²) in [6.07, 6.45) is 4.96. The number of nitrogens with one attached hydrogen (secondary N) is 1. The Morgan fingerprint density at radius 2 is 2.32 bits per heavy atom. The van der Waals surface area contributed by atoms with Gasteiger partial charge in [0.2, 0.25) is 0 Å². The summed E-state index contributed by atoms with van der Waals surface area (Å²) in [6.45, 7) is 4.03. The SMILES string of the molecule is CCn1ncc(Cl)c1Cc1ccc2c(c1)CCCN2. The van der Waals surface area contributed by atoms with E-state index in [0.717, 1.165) is 36.6 Å². The lowest BCUT2D eigenvalue weighted by molar-refractivity contribution is 0.630. The number of rotatable bonds is 3. The molecule has 2 aromatic rings. The zero-order valence-electron chi connectivity index (χ0n) is 11.1. The van der Waals surface area contributed by atoms with Crippen LogP contribution in [0.5, 0.6) is 0 Å². The molecular formula is C15H18ClN3. The summed E-state index contributed by atoms with van der Waals surface area (Å²) >= 11 is 6.22. The Hall–Kier alpha value is -1.48. The maximum absolute atomic E-state index is 6.22. The molecule has 0 atom stereocenters. The van der Waals surface area contributed by atoms with E-state index in [-0.39, 0.29) is 0 Å². The molecule has 0 unspecified atom stereocenters. The van der Waals surface area contributed by atoms with Gasteiger partial charge in [-0.15, -0.1) is 0 Å². The highest BCUT2D eigenvalue weighted by Gasteiger charge is 2.12. The normalized spacial score (nSPS) is 14.0. The topological polar surface area (TPSA) is 29.9 Å². The average molecular weight is 276 g/mol. The highest BCUT2D eigenvalue weighted by atomic mass is 35.5. The zero-order chi connectivity index (χ0) is 13.2. The second kappa shape index (κ2) is 5.25. The minimum absolute atomic E-state index is 0.762. The molecule has 1 aromatic carbocycles. The van der Waals surface area contributed by atoms with Crippen LogP contribution in [-0.2, 0) is 19.4 Å². The van der Waals surface area contributed by atoms with Crippen molar-refractivity contribution in [3.63, 3.8) is 0 Å². The molecule has 4 heteroatoms. The molecule has 19 heavy (non-hydrogen) atoms. The molecule has 0 bridgehead atoms. The van der Waals surface area contributed by atoms with Crippen LogP contribution in [0.2, 0.25) is 5.02 Å². The molecule has 0 radical (unpaired) electrons. The van der Waals surface area contributed by atoms with Gasteiger partial charge in [0.05, 0.1) is 16.9 Å². The zero-order valence-corrected chi connectivity index (χ0v) is 11.9. The van der Waals surface area contributed by atoms with Crippen LogP contribution < -0.4 is 5.32 Å². The smallest absolute Gasteiger partial charge is 0.0821 e. The van der Waals surface area contributed by atoms with Gasteiger partial charge >= 0.3 is 0 Å². The Balaban J connectivity index is 1.89. The van der Waals surface area contributed by atoms with Gasteiger partial charge in [-0.05, 0) is 37.0 Å². The van der Waals surface area contributed by atoms with E-state index in [2.05, 4.69) is 35.5 Å². The van der Waals surface area contributed by atoms with Crippen molar-refractivity contribution in [2.24, 2.45) is 0 Å². The molecule has 0 aliphatic carbocycles. The first kappa shape index (κ1) is 12.5. The van der Waals surface area contributed by atoms with Crippen LogP contribution in [0.4, 0.5) is 5.69 Å². The fraction of sp³-hybridized carbons (Fsp3) is 0.400. The van der Waals surface area contributed by atoms with Gasteiger partial charge in [0.1, 0.15) is 0 Å². The molecule has 0 saturated carbocycles. The van der Waals surface area contributed by atoms with E-state index in [1.807, 2.05) is 4.68 Å². The molecule has 0 saturated heterocycles. The molecule has 1 aromatic heterocycles. The third-order valence-electron chi connectivity index (χ3n) is 3.68. The number of anilines is 1. The quantitative estimate of drug-likeness (QED) is 0.929. The predicted molar refractivity (Wildman–Crippen MR) is 79.0 cm³/mol. The molecule has 1 aliphatic rings. The van der Waals surface area contributed by atoms with Crippen molar-refractivity contribution in [3.8, 4) is 0 Å². The summed E-state index contributed by atoms with van der Waals surface area (Å²) in [7, 11) is 0. The number of aryl methyl sites for hydroxylation is 2. The van der Waals surface area contributed by atoms with E-state index in [1.165, 1.54) is 23.2 Å². The number of nitrogens with zero attached hydrogens (tertiary/aromatic N) is 2.